The number of allylic oxidation sites excluding steroid dienone is 2. The molecule has 1 aromatic carbocycles. The molecular weight excluding hydrogens is 238 g/mol. The van der Waals surface area contributed by atoms with Crippen LogP contribution in [0.4, 0.5) is 4.79 Å². The highest BCUT2D eigenvalue weighted by molar-refractivity contribution is 5.73. The minimum atomic E-state index is -0.370. The van der Waals surface area contributed by atoms with Crippen LogP contribution in [0.2, 0.25) is 0 Å². The maximum Gasteiger partial charge on any atom is 0.423 e. The van der Waals surface area contributed by atoms with E-state index in [-0.39, 0.29) is 6.09 Å². The summed E-state index contributed by atoms with van der Waals surface area (Å²) < 4.78 is 5.27. The molecule has 0 unspecified atom stereocenters. The smallest absolute Gasteiger partial charge is 0.410 e. The van der Waals surface area contributed by atoms with E-state index in [9.17, 15) is 4.79 Å². The Bertz CT molecular complexity index is 489. The first-order valence-corrected chi connectivity index (χ1v) is 6.75. The van der Waals surface area contributed by atoms with Crippen LogP contribution in [-0.4, -0.2) is 11.0 Å². The summed E-state index contributed by atoms with van der Waals surface area (Å²) in [7, 11) is 0. The van der Waals surface area contributed by atoms with Crippen LogP contribution in [0.25, 0.3) is 0 Å². The number of amides is 1. The fourth-order valence-electron chi connectivity index (χ4n) is 2.40. The average molecular weight is 255 g/mol. The Morgan fingerprint density at radius 3 is 2.37 bits per heavy atom. The number of hydrogen-bond donors (Lipinski definition) is 0. The predicted octanol–water partition coefficient (Wildman–Crippen LogP) is 3.94. The molecule has 2 aliphatic rings. The van der Waals surface area contributed by atoms with Gasteiger partial charge < -0.3 is 4.74 Å². The molecule has 1 aliphatic carbocycles. The molecular formula is C16H17NO2. The van der Waals surface area contributed by atoms with E-state index in [1.54, 1.807) is 12.1 Å². The van der Waals surface area contributed by atoms with Crippen LogP contribution >= 0.6 is 0 Å². The van der Waals surface area contributed by atoms with Gasteiger partial charge in [-0.1, -0.05) is 36.8 Å². The molecule has 3 rings (SSSR count). The van der Waals surface area contributed by atoms with Gasteiger partial charge in [0.15, 0.2) is 0 Å². The lowest BCUT2D eigenvalue weighted by molar-refractivity contribution is 0.180. The van der Waals surface area contributed by atoms with Crippen molar-refractivity contribution in [3.63, 3.8) is 0 Å². The van der Waals surface area contributed by atoms with Gasteiger partial charge in [0.1, 0.15) is 5.75 Å². The molecule has 0 radical (unpaired) electrons. The zero-order valence-corrected chi connectivity index (χ0v) is 10.7. The van der Waals surface area contributed by atoms with E-state index in [1.807, 2.05) is 30.6 Å². The van der Waals surface area contributed by atoms with Crippen molar-refractivity contribution >= 4 is 6.09 Å². The topological polar surface area (TPSA) is 29.5 Å². The van der Waals surface area contributed by atoms with Gasteiger partial charge in [-0.25, -0.2) is 4.79 Å². The van der Waals surface area contributed by atoms with Crippen LogP contribution in [0.15, 0.2) is 54.9 Å². The molecule has 98 valence electrons. The number of ether oxygens (including phenoxy) is 1. The summed E-state index contributed by atoms with van der Waals surface area (Å²) in [5.74, 6) is 1.81. The highest BCUT2D eigenvalue weighted by Gasteiger charge is 2.26. The second-order valence-electron chi connectivity index (χ2n) is 5.04. The van der Waals surface area contributed by atoms with E-state index in [4.69, 9.17) is 4.74 Å². The van der Waals surface area contributed by atoms with E-state index in [0.29, 0.717) is 11.7 Å². The Morgan fingerprint density at radius 2 is 1.79 bits per heavy atom. The second kappa shape index (κ2) is 5.31. The summed E-state index contributed by atoms with van der Waals surface area (Å²) in [5.41, 5.74) is 0. The van der Waals surface area contributed by atoms with Gasteiger partial charge in [0, 0.05) is 18.3 Å². The van der Waals surface area contributed by atoms with E-state index < -0.39 is 0 Å². The maximum atomic E-state index is 11.9. The van der Waals surface area contributed by atoms with Crippen molar-refractivity contribution in [3.05, 3.63) is 54.9 Å². The van der Waals surface area contributed by atoms with Crippen LogP contribution in [0.3, 0.4) is 0 Å². The molecule has 3 nitrogen and oxygen atoms in total. The molecule has 1 fully saturated rings. The number of benzene rings is 1. The van der Waals surface area contributed by atoms with Crippen molar-refractivity contribution in [1.82, 2.24) is 4.90 Å². The molecule has 1 amide bonds. The van der Waals surface area contributed by atoms with Crippen LogP contribution in [-0.2, 0) is 0 Å². The van der Waals surface area contributed by atoms with Crippen molar-refractivity contribution < 1.29 is 9.53 Å². The molecule has 1 heterocycles. The van der Waals surface area contributed by atoms with Crippen LogP contribution in [0.1, 0.15) is 19.3 Å². The van der Waals surface area contributed by atoms with Gasteiger partial charge in [-0.05, 0) is 30.9 Å². The third-order valence-corrected chi connectivity index (χ3v) is 3.79. The summed E-state index contributed by atoms with van der Waals surface area (Å²) in [5, 5.41) is 0. The number of hydrogen-bond acceptors (Lipinski definition) is 2. The van der Waals surface area contributed by atoms with Gasteiger partial charge >= 0.3 is 6.09 Å². The maximum absolute atomic E-state index is 11.9. The molecule has 0 saturated heterocycles. The molecule has 1 aromatic rings. The molecule has 3 heteroatoms. The minimum Gasteiger partial charge on any atom is -0.410 e. The van der Waals surface area contributed by atoms with Crippen molar-refractivity contribution in [2.75, 3.05) is 0 Å². The normalized spacial score (nSPS) is 19.3. The van der Waals surface area contributed by atoms with Crippen molar-refractivity contribution in [2.24, 2.45) is 11.8 Å². The molecule has 0 bridgehead atoms. The van der Waals surface area contributed by atoms with Crippen LogP contribution in [0, 0.1) is 11.8 Å². The van der Waals surface area contributed by atoms with Crippen molar-refractivity contribution in [2.45, 2.75) is 19.3 Å². The zero-order chi connectivity index (χ0) is 13.1. The SMILES string of the molecule is O=C(Oc1ccccc1)N1C=CC(C2CCC2)C=C1. The summed E-state index contributed by atoms with van der Waals surface area (Å²) >= 11 is 0. The van der Waals surface area contributed by atoms with Gasteiger partial charge in [-0.3, -0.25) is 4.90 Å². The largest absolute Gasteiger partial charge is 0.423 e. The molecule has 0 N–H and O–H groups in total. The summed E-state index contributed by atoms with van der Waals surface area (Å²) in [6.45, 7) is 0. The van der Waals surface area contributed by atoms with Gasteiger partial charge in [0.05, 0.1) is 0 Å². The van der Waals surface area contributed by atoms with Gasteiger partial charge in [-0.15, -0.1) is 0 Å². The average Bonchev–Trinajstić information content (AvgIpc) is 2.39. The van der Waals surface area contributed by atoms with Gasteiger partial charge in [0.2, 0.25) is 0 Å². The first-order valence-electron chi connectivity index (χ1n) is 6.75. The Balaban J connectivity index is 1.58. The lowest BCUT2D eigenvalue weighted by Crippen LogP contribution is -2.28. The Labute approximate surface area is 113 Å². The highest BCUT2D eigenvalue weighted by atomic mass is 16.6. The molecule has 1 saturated carbocycles. The number of nitrogens with zero attached hydrogens (tertiary/aromatic N) is 1. The van der Waals surface area contributed by atoms with Crippen molar-refractivity contribution in [3.8, 4) is 5.75 Å². The molecule has 1 aliphatic heterocycles. The number of carbonyl (C=O) groups excluding carboxylic acids is 1. The van der Waals surface area contributed by atoms with Gasteiger partial charge in [-0.2, -0.15) is 0 Å². The highest BCUT2D eigenvalue weighted by Crippen LogP contribution is 2.36. The first-order chi connectivity index (χ1) is 9.33. The zero-order valence-electron chi connectivity index (χ0n) is 10.7. The Morgan fingerprint density at radius 1 is 1.11 bits per heavy atom. The van der Waals surface area contributed by atoms with Crippen LogP contribution < -0.4 is 4.74 Å². The van der Waals surface area contributed by atoms with Crippen molar-refractivity contribution in [1.29, 1.82) is 0 Å². The molecule has 0 spiro atoms. The lowest BCUT2D eigenvalue weighted by Gasteiger charge is -2.32. The number of para-hydroxylation sites is 1. The lowest BCUT2D eigenvalue weighted by atomic mass is 9.75. The van der Waals surface area contributed by atoms with E-state index in [2.05, 4.69) is 12.2 Å². The van der Waals surface area contributed by atoms with E-state index >= 15 is 0 Å². The summed E-state index contributed by atoms with van der Waals surface area (Å²) in [6, 6.07) is 9.12. The third kappa shape index (κ3) is 2.70. The predicted molar refractivity (Wildman–Crippen MR) is 73.4 cm³/mol. The quantitative estimate of drug-likeness (QED) is 0.801. The van der Waals surface area contributed by atoms with Crippen LogP contribution in [0.5, 0.6) is 5.75 Å². The molecule has 0 atom stereocenters. The number of carbonyl (C=O) groups is 1. The number of rotatable bonds is 2. The fourth-order valence-corrected chi connectivity index (χ4v) is 2.40. The monoisotopic (exact) mass is 255 g/mol. The van der Waals surface area contributed by atoms with E-state index in [0.717, 1.165) is 5.92 Å². The third-order valence-electron chi connectivity index (χ3n) is 3.79. The Hall–Kier alpha value is -2.03. The second-order valence-corrected chi connectivity index (χ2v) is 5.04. The minimum absolute atomic E-state index is 0.370. The summed E-state index contributed by atoms with van der Waals surface area (Å²) in [6.07, 6.45) is 11.4. The summed E-state index contributed by atoms with van der Waals surface area (Å²) in [4.78, 5) is 13.4. The molecule has 0 aromatic heterocycles. The fraction of sp³-hybridized carbons (Fsp3) is 0.312. The first kappa shape index (κ1) is 12.0. The Kier molecular flexibility index (Phi) is 3.36. The van der Waals surface area contributed by atoms with E-state index in [1.165, 1.54) is 24.2 Å². The molecule has 19 heavy (non-hydrogen) atoms. The standard InChI is InChI=1S/C16H17NO2/c18-16(19-15-7-2-1-3-8-15)17-11-9-14(10-12-17)13-5-4-6-13/h1-3,7-14H,4-6H2. The van der Waals surface area contributed by atoms with Gasteiger partial charge in [0.25, 0.3) is 0 Å².